The minimum atomic E-state index is -0.243. The Hall–Kier alpha value is -2.04. The summed E-state index contributed by atoms with van der Waals surface area (Å²) in [5.41, 5.74) is 2.43. The summed E-state index contributed by atoms with van der Waals surface area (Å²) in [5, 5.41) is 8.51. The number of rotatable bonds is 7. The molecule has 1 aromatic carbocycles. The van der Waals surface area contributed by atoms with Crippen molar-refractivity contribution in [2.75, 3.05) is 25.0 Å². The van der Waals surface area contributed by atoms with Gasteiger partial charge in [-0.15, -0.1) is 0 Å². The highest BCUT2D eigenvalue weighted by Crippen LogP contribution is 2.17. The van der Waals surface area contributed by atoms with E-state index in [1.165, 1.54) is 0 Å². The third-order valence-electron chi connectivity index (χ3n) is 2.77. The van der Waals surface area contributed by atoms with Gasteiger partial charge in [0.2, 0.25) is 5.91 Å². The minimum Gasteiger partial charge on any atom is -0.385 e. The Kier molecular flexibility index (Phi) is 6.56. The molecule has 1 rings (SSSR count). The molecule has 1 aromatic rings. The predicted molar refractivity (Wildman–Crippen MR) is 81.0 cm³/mol. The Morgan fingerprint density at radius 2 is 1.90 bits per heavy atom. The predicted octanol–water partition coefficient (Wildman–Crippen LogP) is 1.68. The van der Waals surface area contributed by atoms with Crippen LogP contribution in [0.15, 0.2) is 18.2 Å². The number of amides is 2. The van der Waals surface area contributed by atoms with E-state index < -0.39 is 0 Å². The molecule has 5 heteroatoms. The first kappa shape index (κ1) is 16.0. The molecule has 2 amide bonds. The van der Waals surface area contributed by atoms with Gasteiger partial charge in [-0.05, 0) is 38.0 Å². The van der Waals surface area contributed by atoms with Crippen molar-refractivity contribution in [2.24, 2.45) is 0 Å². The van der Waals surface area contributed by atoms with E-state index in [4.69, 9.17) is 0 Å². The Labute approximate surface area is 120 Å². The lowest BCUT2D eigenvalue weighted by atomic mass is 10.1. The van der Waals surface area contributed by atoms with Crippen LogP contribution >= 0.6 is 0 Å². The van der Waals surface area contributed by atoms with E-state index in [2.05, 4.69) is 16.0 Å². The molecule has 0 unspecified atom stereocenters. The zero-order valence-corrected chi connectivity index (χ0v) is 12.4. The molecule has 110 valence electrons. The summed E-state index contributed by atoms with van der Waals surface area (Å²) < 4.78 is 0. The molecule has 0 heterocycles. The molecule has 20 heavy (non-hydrogen) atoms. The topological polar surface area (TPSA) is 70.2 Å². The largest absolute Gasteiger partial charge is 0.385 e. The van der Waals surface area contributed by atoms with Crippen molar-refractivity contribution in [1.29, 1.82) is 0 Å². The van der Waals surface area contributed by atoms with Crippen molar-refractivity contribution in [3.63, 3.8) is 0 Å². The zero-order chi connectivity index (χ0) is 15.0. The monoisotopic (exact) mass is 277 g/mol. The van der Waals surface area contributed by atoms with Gasteiger partial charge in [0.05, 0.1) is 12.1 Å². The molecule has 5 nitrogen and oxygen atoms in total. The summed E-state index contributed by atoms with van der Waals surface area (Å²) in [6, 6.07) is 5.58. The van der Waals surface area contributed by atoms with Crippen molar-refractivity contribution >= 4 is 17.5 Å². The highest BCUT2D eigenvalue weighted by Gasteiger charge is 2.12. The average Bonchev–Trinajstić information content (AvgIpc) is 2.43. The fourth-order valence-corrected chi connectivity index (χ4v) is 1.78. The van der Waals surface area contributed by atoms with E-state index in [1.54, 1.807) is 6.07 Å². The molecule has 0 aliphatic carbocycles. The number of carbonyl (C=O) groups excluding carboxylic acids is 2. The second-order valence-electron chi connectivity index (χ2n) is 4.61. The summed E-state index contributed by atoms with van der Waals surface area (Å²) in [6.07, 6.45) is 0.877. The van der Waals surface area contributed by atoms with Crippen LogP contribution in [0.25, 0.3) is 0 Å². The lowest BCUT2D eigenvalue weighted by Crippen LogP contribution is -2.37. The van der Waals surface area contributed by atoms with Gasteiger partial charge in [-0.2, -0.15) is 0 Å². The van der Waals surface area contributed by atoms with Gasteiger partial charge in [0.15, 0.2) is 0 Å². The molecule has 0 fully saturated rings. The van der Waals surface area contributed by atoms with E-state index in [9.17, 15) is 9.59 Å². The number of aryl methyl sites for hydroxylation is 1. The summed E-state index contributed by atoms with van der Waals surface area (Å²) in [6.45, 7) is 7.29. The van der Waals surface area contributed by atoms with Crippen LogP contribution in [-0.4, -0.2) is 31.4 Å². The van der Waals surface area contributed by atoms with Crippen molar-refractivity contribution in [2.45, 2.75) is 27.2 Å². The molecule has 0 spiro atoms. The molecule has 3 N–H and O–H groups in total. The van der Waals surface area contributed by atoms with E-state index in [0.29, 0.717) is 12.1 Å². The van der Waals surface area contributed by atoms with Crippen LogP contribution in [-0.2, 0) is 4.79 Å². The number of hydrogen-bond donors (Lipinski definition) is 3. The van der Waals surface area contributed by atoms with E-state index in [1.807, 2.05) is 32.9 Å². The first-order chi connectivity index (χ1) is 9.58. The SMILES string of the molecule is CCCNC(=O)CNC(=O)c1ccc(C)cc1NCC. The fraction of sp³-hybridized carbons (Fsp3) is 0.467. The first-order valence-electron chi connectivity index (χ1n) is 6.97. The van der Waals surface area contributed by atoms with Crippen LogP contribution in [0.1, 0.15) is 36.2 Å². The summed E-state index contributed by atoms with van der Waals surface area (Å²) in [4.78, 5) is 23.6. The Morgan fingerprint density at radius 3 is 2.55 bits per heavy atom. The van der Waals surface area contributed by atoms with Crippen LogP contribution in [0.2, 0.25) is 0 Å². The molecule has 0 atom stereocenters. The number of anilines is 1. The van der Waals surface area contributed by atoms with Crippen LogP contribution < -0.4 is 16.0 Å². The molecular formula is C15H23N3O2. The maximum Gasteiger partial charge on any atom is 0.253 e. The lowest BCUT2D eigenvalue weighted by Gasteiger charge is -2.12. The zero-order valence-electron chi connectivity index (χ0n) is 12.4. The smallest absolute Gasteiger partial charge is 0.253 e. The Balaban J connectivity index is 2.65. The minimum absolute atomic E-state index is 0.00171. The maximum absolute atomic E-state index is 12.1. The Bertz CT molecular complexity index is 472. The maximum atomic E-state index is 12.1. The third-order valence-corrected chi connectivity index (χ3v) is 2.77. The van der Waals surface area contributed by atoms with Gasteiger partial charge in [-0.1, -0.05) is 13.0 Å². The van der Waals surface area contributed by atoms with Crippen LogP contribution in [0.5, 0.6) is 0 Å². The number of hydrogen-bond acceptors (Lipinski definition) is 3. The van der Waals surface area contributed by atoms with Gasteiger partial charge >= 0.3 is 0 Å². The Morgan fingerprint density at radius 1 is 1.15 bits per heavy atom. The van der Waals surface area contributed by atoms with Gasteiger partial charge in [0.25, 0.3) is 5.91 Å². The second kappa shape index (κ2) is 8.19. The highest BCUT2D eigenvalue weighted by atomic mass is 16.2. The van der Waals surface area contributed by atoms with E-state index in [-0.39, 0.29) is 18.4 Å². The summed E-state index contributed by atoms with van der Waals surface area (Å²) in [7, 11) is 0. The fourth-order valence-electron chi connectivity index (χ4n) is 1.78. The average molecular weight is 277 g/mol. The van der Waals surface area contributed by atoms with Gasteiger partial charge < -0.3 is 16.0 Å². The van der Waals surface area contributed by atoms with Gasteiger partial charge in [-0.3, -0.25) is 9.59 Å². The molecule has 0 aliphatic heterocycles. The molecular weight excluding hydrogens is 254 g/mol. The lowest BCUT2D eigenvalue weighted by molar-refractivity contribution is -0.120. The van der Waals surface area contributed by atoms with Gasteiger partial charge in [-0.25, -0.2) is 0 Å². The molecule has 0 aromatic heterocycles. The second-order valence-corrected chi connectivity index (χ2v) is 4.61. The normalized spacial score (nSPS) is 9.95. The van der Waals surface area contributed by atoms with Crippen LogP contribution in [0.3, 0.4) is 0 Å². The third kappa shape index (κ3) is 4.91. The number of nitrogens with one attached hydrogen (secondary N) is 3. The van der Waals surface area contributed by atoms with Crippen molar-refractivity contribution in [1.82, 2.24) is 10.6 Å². The summed E-state index contributed by atoms with van der Waals surface area (Å²) >= 11 is 0. The number of benzene rings is 1. The van der Waals surface area contributed by atoms with Crippen LogP contribution in [0.4, 0.5) is 5.69 Å². The molecule has 0 saturated heterocycles. The molecule has 0 aliphatic rings. The van der Waals surface area contributed by atoms with Crippen molar-refractivity contribution < 1.29 is 9.59 Å². The highest BCUT2D eigenvalue weighted by molar-refractivity contribution is 6.01. The quantitative estimate of drug-likeness (QED) is 0.710. The molecule has 0 bridgehead atoms. The van der Waals surface area contributed by atoms with Gasteiger partial charge in [0.1, 0.15) is 0 Å². The van der Waals surface area contributed by atoms with Crippen molar-refractivity contribution in [3.8, 4) is 0 Å². The van der Waals surface area contributed by atoms with Gasteiger partial charge in [0, 0.05) is 18.8 Å². The van der Waals surface area contributed by atoms with Crippen LogP contribution in [0, 0.1) is 6.92 Å². The number of carbonyl (C=O) groups is 2. The standard InChI is InChI=1S/C15H23N3O2/c1-4-8-17-14(19)10-18-15(20)12-7-6-11(3)9-13(12)16-5-2/h6-7,9,16H,4-5,8,10H2,1-3H3,(H,17,19)(H,18,20). The van der Waals surface area contributed by atoms with E-state index in [0.717, 1.165) is 24.2 Å². The van der Waals surface area contributed by atoms with Crippen molar-refractivity contribution in [3.05, 3.63) is 29.3 Å². The molecule has 0 radical (unpaired) electrons. The summed E-state index contributed by atoms with van der Waals surface area (Å²) in [5.74, 6) is -0.412. The first-order valence-corrected chi connectivity index (χ1v) is 6.97. The van der Waals surface area contributed by atoms with E-state index >= 15 is 0 Å². The molecule has 0 saturated carbocycles.